The number of esters is 1. The second kappa shape index (κ2) is 7.34. The van der Waals surface area contributed by atoms with E-state index in [0.29, 0.717) is 47.6 Å². The summed E-state index contributed by atoms with van der Waals surface area (Å²) >= 11 is 0. The first-order valence-electron chi connectivity index (χ1n) is 9.46. The van der Waals surface area contributed by atoms with Gasteiger partial charge in [0.2, 0.25) is 0 Å². The highest BCUT2D eigenvalue weighted by Crippen LogP contribution is 2.47. The van der Waals surface area contributed by atoms with E-state index < -0.39 is 11.9 Å². The van der Waals surface area contributed by atoms with Gasteiger partial charge in [-0.3, -0.25) is 4.79 Å². The van der Waals surface area contributed by atoms with Crippen LogP contribution in [-0.2, 0) is 14.3 Å². The lowest BCUT2D eigenvalue weighted by atomic mass is 9.68. The summed E-state index contributed by atoms with van der Waals surface area (Å²) in [5.74, 6) is -0.683. The van der Waals surface area contributed by atoms with Gasteiger partial charge in [-0.1, -0.05) is 19.9 Å². The Bertz CT molecular complexity index is 894. The molecule has 6 nitrogen and oxygen atoms in total. The molecule has 1 aliphatic carbocycles. The van der Waals surface area contributed by atoms with Crippen molar-refractivity contribution in [1.82, 2.24) is 5.32 Å². The first kappa shape index (κ1) is 20.0. The first-order chi connectivity index (χ1) is 13.2. The molecule has 1 aromatic carbocycles. The zero-order chi connectivity index (χ0) is 20.6. The maximum atomic E-state index is 13.1. The van der Waals surface area contributed by atoms with Crippen LogP contribution in [0.4, 0.5) is 0 Å². The SMILES string of the molecule is CCOc1cc([C@H]2C(C(=O)OC)=C(C)NC3=C2C(=O)CC(C)(C)C3)ccc1O. The predicted molar refractivity (Wildman–Crippen MR) is 105 cm³/mol. The van der Waals surface area contributed by atoms with Crippen LogP contribution in [0.25, 0.3) is 0 Å². The van der Waals surface area contributed by atoms with E-state index in [0.717, 1.165) is 5.70 Å². The molecule has 0 bridgehead atoms. The molecule has 1 aromatic rings. The van der Waals surface area contributed by atoms with Crippen LogP contribution in [0.1, 0.15) is 52.0 Å². The number of hydrogen-bond donors (Lipinski definition) is 2. The molecule has 1 heterocycles. The van der Waals surface area contributed by atoms with Gasteiger partial charge in [0.25, 0.3) is 0 Å². The molecule has 0 amide bonds. The van der Waals surface area contributed by atoms with Gasteiger partial charge in [0.15, 0.2) is 17.3 Å². The number of ether oxygens (including phenoxy) is 2. The molecule has 0 aromatic heterocycles. The van der Waals surface area contributed by atoms with E-state index >= 15 is 0 Å². The summed E-state index contributed by atoms with van der Waals surface area (Å²) in [6.07, 6.45) is 1.13. The number of rotatable bonds is 4. The molecule has 3 rings (SSSR count). The van der Waals surface area contributed by atoms with E-state index in [2.05, 4.69) is 19.2 Å². The number of carbonyl (C=O) groups excluding carboxylic acids is 2. The van der Waals surface area contributed by atoms with E-state index in [1.165, 1.54) is 13.2 Å². The fraction of sp³-hybridized carbons (Fsp3) is 0.455. The molecule has 0 unspecified atom stereocenters. The summed E-state index contributed by atoms with van der Waals surface area (Å²) < 4.78 is 10.5. The van der Waals surface area contributed by atoms with E-state index in [1.807, 2.05) is 13.8 Å². The number of aromatic hydroxyl groups is 1. The third-order valence-electron chi connectivity index (χ3n) is 5.26. The van der Waals surface area contributed by atoms with Crippen molar-refractivity contribution >= 4 is 11.8 Å². The number of phenols is 1. The molecule has 0 saturated heterocycles. The van der Waals surface area contributed by atoms with Crippen LogP contribution in [0, 0.1) is 5.41 Å². The van der Waals surface area contributed by atoms with Gasteiger partial charge < -0.3 is 19.9 Å². The minimum atomic E-state index is -0.563. The summed E-state index contributed by atoms with van der Waals surface area (Å²) in [6, 6.07) is 4.95. The monoisotopic (exact) mass is 385 g/mol. The number of dihydropyridines is 1. The van der Waals surface area contributed by atoms with Gasteiger partial charge in [-0.05, 0) is 43.4 Å². The minimum Gasteiger partial charge on any atom is -0.504 e. The van der Waals surface area contributed by atoms with Crippen LogP contribution in [0.5, 0.6) is 11.5 Å². The highest BCUT2D eigenvalue weighted by Gasteiger charge is 2.43. The van der Waals surface area contributed by atoms with Crippen molar-refractivity contribution in [2.24, 2.45) is 5.41 Å². The van der Waals surface area contributed by atoms with Crippen molar-refractivity contribution in [3.05, 3.63) is 46.3 Å². The molecular weight excluding hydrogens is 358 g/mol. The van der Waals surface area contributed by atoms with Gasteiger partial charge in [-0.2, -0.15) is 0 Å². The van der Waals surface area contributed by atoms with Crippen LogP contribution in [0.15, 0.2) is 40.7 Å². The van der Waals surface area contributed by atoms with Gasteiger partial charge in [-0.25, -0.2) is 4.79 Å². The lowest BCUT2D eigenvalue weighted by Gasteiger charge is -2.39. The Hall–Kier alpha value is -2.76. The van der Waals surface area contributed by atoms with Crippen LogP contribution < -0.4 is 10.1 Å². The molecule has 0 spiro atoms. The molecule has 0 radical (unpaired) electrons. The zero-order valence-corrected chi connectivity index (χ0v) is 17.0. The molecule has 2 aliphatic rings. The van der Waals surface area contributed by atoms with Crippen LogP contribution in [-0.4, -0.2) is 30.6 Å². The number of hydrogen-bond acceptors (Lipinski definition) is 6. The van der Waals surface area contributed by atoms with E-state index in [9.17, 15) is 14.7 Å². The summed E-state index contributed by atoms with van der Waals surface area (Å²) in [5, 5.41) is 13.3. The number of nitrogens with one attached hydrogen (secondary N) is 1. The first-order valence-corrected chi connectivity index (χ1v) is 9.46. The maximum Gasteiger partial charge on any atom is 0.336 e. The highest BCUT2D eigenvalue weighted by atomic mass is 16.5. The van der Waals surface area contributed by atoms with Crippen LogP contribution >= 0.6 is 0 Å². The number of carbonyl (C=O) groups is 2. The van der Waals surface area contributed by atoms with Crippen molar-refractivity contribution in [3.8, 4) is 11.5 Å². The van der Waals surface area contributed by atoms with E-state index in [-0.39, 0.29) is 16.9 Å². The fourth-order valence-corrected chi connectivity index (χ4v) is 4.13. The number of allylic oxidation sites excluding steroid dienone is 3. The summed E-state index contributed by atoms with van der Waals surface area (Å²) in [4.78, 5) is 25.7. The van der Waals surface area contributed by atoms with Crippen molar-refractivity contribution in [1.29, 1.82) is 0 Å². The lowest BCUT2D eigenvalue weighted by Crippen LogP contribution is -2.38. The molecule has 6 heteroatoms. The highest BCUT2D eigenvalue weighted by molar-refractivity contribution is 6.04. The van der Waals surface area contributed by atoms with Crippen molar-refractivity contribution in [2.45, 2.75) is 46.5 Å². The molecule has 1 atom stereocenters. The summed E-state index contributed by atoms with van der Waals surface area (Å²) in [5.41, 5.74) is 3.08. The largest absolute Gasteiger partial charge is 0.504 e. The second-order valence-electron chi connectivity index (χ2n) is 8.08. The molecule has 150 valence electrons. The van der Waals surface area contributed by atoms with Gasteiger partial charge in [0.05, 0.1) is 19.3 Å². The van der Waals surface area contributed by atoms with Gasteiger partial charge in [0, 0.05) is 29.3 Å². The van der Waals surface area contributed by atoms with Crippen molar-refractivity contribution in [3.63, 3.8) is 0 Å². The fourth-order valence-electron chi connectivity index (χ4n) is 4.13. The van der Waals surface area contributed by atoms with Crippen LogP contribution in [0.3, 0.4) is 0 Å². The third kappa shape index (κ3) is 3.51. The minimum absolute atomic E-state index is 0.0173. The van der Waals surface area contributed by atoms with Crippen molar-refractivity contribution in [2.75, 3.05) is 13.7 Å². The van der Waals surface area contributed by atoms with Crippen LogP contribution in [0.2, 0.25) is 0 Å². The summed E-state index contributed by atoms with van der Waals surface area (Å²) in [7, 11) is 1.33. The van der Waals surface area contributed by atoms with Crippen molar-refractivity contribution < 1.29 is 24.2 Å². The molecule has 28 heavy (non-hydrogen) atoms. The molecule has 2 N–H and O–H groups in total. The quantitative estimate of drug-likeness (QED) is 0.771. The second-order valence-corrected chi connectivity index (χ2v) is 8.08. The Morgan fingerprint density at radius 1 is 1.32 bits per heavy atom. The molecular formula is C22H27NO5. The number of benzene rings is 1. The Labute approximate surface area is 165 Å². The number of methoxy groups -OCH3 is 1. The predicted octanol–water partition coefficient (Wildman–Crippen LogP) is 3.57. The molecule has 1 aliphatic heterocycles. The number of Topliss-reactive ketones (excluding diaryl/α,β-unsaturated/α-hetero) is 1. The average molecular weight is 385 g/mol. The standard InChI is InChI=1S/C22H27NO5/c1-6-28-17-9-13(7-8-15(17)24)19-18(21(26)27-5)12(2)23-14-10-22(3,4)11-16(25)20(14)19/h7-9,19,23-24H,6,10-11H2,1-5H3/t19-/m0/s1. The smallest absolute Gasteiger partial charge is 0.336 e. The zero-order valence-electron chi connectivity index (χ0n) is 17.0. The van der Waals surface area contributed by atoms with Gasteiger partial charge in [-0.15, -0.1) is 0 Å². The number of ketones is 1. The van der Waals surface area contributed by atoms with E-state index in [4.69, 9.17) is 9.47 Å². The lowest BCUT2D eigenvalue weighted by molar-refractivity contribution is -0.136. The Morgan fingerprint density at radius 3 is 2.68 bits per heavy atom. The Kier molecular flexibility index (Phi) is 5.24. The average Bonchev–Trinajstić information content (AvgIpc) is 2.61. The molecule has 0 fully saturated rings. The third-order valence-corrected chi connectivity index (χ3v) is 5.26. The van der Waals surface area contributed by atoms with Gasteiger partial charge >= 0.3 is 5.97 Å². The van der Waals surface area contributed by atoms with E-state index in [1.54, 1.807) is 12.1 Å². The Morgan fingerprint density at radius 2 is 2.04 bits per heavy atom. The number of phenolic OH excluding ortho intramolecular Hbond substituents is 1. The normalized spacial score (nSPS) is 21.2. The van der Waals surface area contributed by atoms with Gasteiger partial charge in [0.1, 0.15) is 0 Å². The Balaban J connectivity index is 2.21. The summed E-state index contributed by atoms with van der Waals surface area (Å²) in [6.45, 7) is 8.16. The maximum absolute atomic E-state index is 13.1. The topological polar surface area (TPSA) is 84.9 Å². The molecule has 0 saturated carbocycles.